The Balaban J connectivity index is 1.56. The van der Waals surface area contributed by atoms with Crippen molar-refractivity contribution in [1.82, 2.24) is 0 Å². The van der Waals surface area contributed by atoms with E-state index in [0.717, 1.165) is 16.3 Å². The van der Waals surface area contributed by atoms with Crippen LogP contribution in [0.4, 0.5) is 17.1 Å². The third-order valence-corrected chi connectivity index (χ3v) is 5.09. The number of amides is 1. The number of carbonyl (C=O) groups is 1. The van der Waals surface area contributed by atoms with Crippen LogP contribution in [0.5, 0.6) is 5.75 Å². The van der Waals surface area contributed by atoms with E-state index in [1.165, 1.54) is 24.4 Å². The lowest BCUT2D eigenvalue weighted by molar-refractivity contribution is -0.384. The number of rotatable bonds is 6. The van der Waals surface area contributed by atoms with Gasteiger partial charge in [-0.3, -0.25) is 20.3 Å². The molecule has 164 valence electrons. The minimum absolute atomic E-state index is 0.0388. The Morgan fingerprint density at radius 1 is 1.03 bits per heavy atom. The number of nitro groups is 1. The van der Waals surface area contributed by atoms with E-state index >= 15 is 0 Å². The maximum Gasteiger partial charge on any atom is 0.294 e. The summed E-state index contributed by atoms with van der Waals surface area (Å²) in [5.74, 6) is -0.422. The summed E-state index contributed by atoms with van der Waals surface area (Å²) in [6, 6.07) is 22.2. The van der Waals surface area contributed by atoms with Crippen molar-refractivity contribution in [3.63, 3.8) is 0 Å². The van der Waals surface area contributed by atoms with Crippen molar-refractivity contribution in [3.05, 3.63) is 106 Å². The van der Waals surface area contributed by atoms with Crippen molar-refractivity contribution in [3.8, 4) is 5.75 Å². The third kappa shape index (κ3) is 4.80. The summed E-state index contributed by atoms with van der Waals surface area (Å²) in [6.45, 7) is 1.94. The number of phenolic OH excluding ortho intramolecular Hbond substituents is 1. The SMILES string of the molecule is Cc1ccc(NC(=O)c2ccc(N/N=C/c3c(O)ccc4ccccc34)c([N+](=O)[O-])c2)cc1. The van der Waals surface area contributed by atoms with Crippen molar-refractivity contribution in [2.45, 2.75) is 6.92 Å². The van der Waals surface area contributed by atoms with E-state index < -0.39 is 10.8 Å². The second-order valence-corrected chi connectivity index (χ2v) is 7.40. The van der Waals surface area contributed by atoms with Crippen molar-refractivity contribution in [1.29, 1.82) is 0 Å². The highest BCUT2D eigenvalue weighted by Crippen LogP contribution is 2.28. The van der Waals surface area contributed by atoms with Crippen molar-refractivity contribution in [2.75, 3.05) is 10.7 Å². The lowest BCUT2D eigenvalue weighted by atomic mass is 10.0. The Hall–Kier alpha value is -4.72. The van der Waals surface area contributed by atoms with Crippen LogP contribution >= 0.6 is 0 Å². The highest BCUT2D eigenvalue weighted by molar-refractivity contribution is 6.05. The molecule has 0 saturated heterocycles. The minimum atomic E-state index is -0.587. The van der Waals surface area contributed by atoms with Gasteiger partial charge in [0.25, 0.3) is 11.6 Å². The molecule has 0 radical (unpaired) electrons. The molecule has 0 aliphatic carbocycles. The topological polar surface area (TPSA) is 117 Å². The number of hydrogen-bond acceptors (Lipinski definition) is 6. The molecule has 0 bridgehead atoms. The van der Waals surface area contributed by atoms with Gasteiger partial charge in [0.1, 0.15) is 11.4 Å². The van der Waals surface area contributed by atoms with Gasteiger partial charge in [0.15, 0.2) is 0 Å². The molecule has 0 aliphatic rings. The van der Waals surface area contributed by atoms with Gasteiger partial charge in [-0.25, -0.2) is 0 Å². The molecule has 0 aliphatic heterocycles. The molecular weight excluding hydrogens is 420 g/mol. The second-order valence-electron chi connectivity index (χ2n) is 7.40. The van der Waals surface area contributed by atoms with E-state index in [0.29, 0.717) is 11.3 Å². The van der Waals surface area contributed by atoms with E-state index in [2.05, 4.69) is 15.8 Å². The zero-order chi connectivity index (χ0) is 23.4. The summed E-state index contributed by atoms with van der Waals surface area (Å²) in [5.41, 5.74) is 4.73. The maximum absolute atomic E-state index is 12.5. The molecule has 1 amide bonds. The van der Waals surface area contributed by atoms with E-state index in [4.69, 9.17) is 0 Å². The third-order valence-electron chi connectivity index (χ3n) is 5.09. The number of hydrogen-bond donors (Lipinski definition) is 3. The molecule has 0 unspecified atom stereocenters. The lowest BCUT2D eigenvalue weighted by Crippen LogP contribution is -2.12. The first-order valence-corrected chi connectivity index (χ1v) is 10.1. The number of benzene rings is 4. The van der Waals surface area contributed by atoms with Crippen molar-refractivity contribution < 1.29 is 14.8 Å². The van der Waals surface area contributed by atoms with Crippen molar-refractivity contribution >= 4 is 40.0 Å². The smallest absolute Gasteiger partial charge is 0.294 e. The molecule has 0 spiro atoms. The molecule has 0 fully saturated rings. The van der Waals surface area contributed by atoms with Gasteiger partial charge in [0.05, 0.1) is 11.1 Å². The number of aromatic hydroxyl groups is 1. The van der Waals surface area contributed by atoms with Crippen LogP contribution in [0, 0.1) is 17.0 Å². The zero-order valence-electron chi connectivity index (χ0n) is 17.6. The van der Waals surface area contributed by atoms with Crippen LogP contribution in [0.1, 0.15) is 21.5 Å². The number of nitrogens with one attached hydrogen (secondary N) is 2. The monoisotopic (exact) mass is 440 g/mol. The molecule has 0 atom stereocenters. The average molecular weight is 440 g/mol. The average Bonchev–Trinajstić information content (AvgIpc) is 2.82. The summed E-state index contributed by atoms with van der Waals surface area (Å²) >= 11 is 0. The molecule has 4 rings (SSSR count). The summed E-state index contributed by atoms with van der Waals surface area (Å²) in [5, 5.41) is 30.3. The maximum atomic E-state index is 12.5. The Morgan fingerprint density at radius 2 is 1.79 bits per heavy atom. The summed E-state index contributed by atoms with van der Waals surface area (Å²) in [7, 11) is 0. The molecular formula is C25H20N4O4. The fourth-order valence-corrected chi connectivity index (χ4v) is 3.34. The number of nitro benzene ring substituents is 1. The van der Waals surface area contributed by atoms with E-state index in [1.807, 2.05) is 43.3 Å². The van der Waals surface area contributed by atoms with Crippen LogP contribution in [0.15, 0.2) is 84.0 Å². The summed E-state index contributed by atoms with van der Waals surface area (Å²) in [6.07, 6.45) is 1.40. The van der Waals surface area contributed by atoms with Gasteiger partial charge in [0.2, 0.25) is 0 Å². The molecule has 8 nitrogen and oxygen atoms in total. The van der Waals surface area contributed by atoms with Gasteiger partial charge in [0, 0.05) is 22.9 Å². The largest absolute Gasteiger partial charge is 0.507 e. The highest BCUT2D eigenvalue weighted by Gasteiger charge is 2.18. The summed E-state index contributed by atoms with van der Waals surface area (Å²) in [4.78, 5) is 23.5. The Kier molecular flexibility index (Phi) is 5.99. The number of nitrogens with zero attached hydrogens (tertiary/aromatic N) is 2. The highest BCUT2D eigenvalue weighted by atomic mass is 16.6. The van der Waals surface area contributed by atoms with Gasteiger partial charge in [-0.2, -0.15) is 5.10 Å². The number of phenols is 1. The van der Waals surface area contributed by atoms with Crippen LogP contribution in [0.3, 0.4) is 0 Å². The van der Waals surface area contributed by atoms with Gasteiger partial charge in [-0.15, -0.1) is 0 Å². The quantitative estimate of drug-likeness (QED) is 0.209. The molecule has 0 aromatic heterocycles. The first-order chi connectivity index (χ1) is 15.9. The number of hydrazone groups is 1. The molecule has 8 heteroatoms. The summed E-state index contributed by atoms with van der Waals surface area (Å²) < 4.78 is 0. The molecule has 4 aromatic carbocycles. The first-order valence-electron chi connectivity index (χ1n) is 10.1. The molecule has 0 heterocycles. The standard InChI is InChI=1S/C25H20N4O4/c1-16-6-10-19(11-7-16)27-25(31)18-8-12-22(23(14-18)29(32)33)28-26-15-21-20-5-3-2-4-17(20)9-13-24(21)30/h2-15,28,30H,1H3,(H,27,31)/b26-15+. The zero-order valence-corrected chi connectivity index (χ0v) is 17.6. The number of aryl methyl sites for hydroxylation is 1. The fraction of sp³-hybridized carbons (Fsp3) is 0.0400. The van der Waals surface area contributed by atoms with E-state index in [9.17, 15) is 20.0 Å². The first kappa shape index (κ1) is 21.5. The Labute approximate surface area is 189 Å². The molecule has 33 heavy (non-hydrogen) atoms. The minimum Gasteiger partial charge on any atom is -0.507 e. The predicted molar refractivity (Wildman–Crippen MR) is 129 cm³/mol. The van der Waals surface area contributed by atoms with Crippen LogP contribution in [-0.2, 0) is 0 Å². The molecule has 0 saturated carbocycles. The number of carbonyl (C=O) groups excluding carboxylic acids is 1. The van der Waals surface area contributed by atoms with Gasteiger partial charge >= 0.3 is 0 Å². The van der Waals surface area contributed by atoms with Gasteiger partial charge < -0.3 is 10.4 Å². The van der Waals surface area contributed by atoms with Crippen LogP contribution < -0.4 is 10.7 Å². The number of anilines is 2. The van der Waals surface area contributed by atoms with E-state index in [1.54, 1.807) is 24.3 Å². The van der Waals surface area contributed by atoms with Gasteiger partial charge in [-0.05, 0) is 48.0 Å². The van der Waals surface area contributed by atoms with Crippen molar-refractivity contribution in [2.24, 2.45) is 5.10 Å². The Morgan fingerprint density at radius 3 is 2.55 bits per heavy atom. The number of fused-ring (bicyclic) bond motifs is 1. The fourth-order valence-electron chi connectivity index (χ4n) is 3.34. The van der Waals surface area contributed by atoms with Crippen LogP contribution in [0.25, 0.3) is 10.8 Å². The molecule has 3 N–H and O–H groups in total. The van der Waals surface area contributed by atoms with Crippen LogP contribution in [0.2, 0.25) is 0 Å². The van der Waals surface area contributed by atoms with Gasteiger partial charge in [-0.1, -0.05) is 48.0 Å². The lowest BCUT2D eigenvalue weighted by Gasteiger charge is -2.08. The normalized spacial score (nSPS) is 10.9. The Bertz CT molecular complexity index is 1380. The predicted octanol–water partition coefficient (Wildman–Crippen LogP) is 5.46. The van der Waals surface area contributed by atoms with Crippen LogP contribution in [-0.4, -0.2) is 22.2 Å². The second kappa shape index (κ2) is 9.19. The molecule has 4 aromatic rings. The van der Waals surface area contributed by atoms with E-state index in [-0.39, 0.29) is 22.7 Å².